The number of nitrogens with two attached hydrogens (primary N) is 1. The number of aliphatic carboxylic acids is 1. The zero-order valence-electron chi connectivity index (χ0n) is 16.2. The molecule has 0 radical (unpaired) electrons. The van der Waals surface area contributed by atoms with Gasteiger partial charge in [0.2, 0.25) is 5.91 Å². The van der Waals surface area contributed by atoms with E-state index in [1.165, 1.54) is 11.2 Å². The molecule has 7 heteroatoms. The van der Waals surface area contributed by atoms with Crippen LogP contribution in [0.25, 0.3) is 11.1 Å². The molecule has 0 aliphatic carbocycles. The van der Waals surface area contributed by atoms with Gasteiger partial charge in [-0.1, -0.05) is 42.5 Å². The Kier molecular flexibility index (Phi) is 6.64. The highest BCUT2D eigenvalue weighted by Gasteiger charge is 2.31. The van der Waals surface area contributed by atoms with Gasteiger partial charge in [0.25, 0.3) is 5.91 Å². The Labute approximate surface area is 173 Å². The van der Waals surface area contributed by atoms with Crippen molar-refractivity contribution in [3.05, 3.63) is 84.3 Å². The van der Waals surface area contributed by atoms with E-state index in [4.69, 9.17) is 10.2 Å². The largest absolute Gasteiger partial charge is 0.480 e. The summed E-state index contributed by atoms with van der Waals surface area (Å²) in [5.74, 6) is -1.87. The van der Waals surface area contributed by atoms with Gasteiger partial charge < -0.3 is 20.2 Å². The first kappa shape index (κ1) is 20.9. The minimum absolute atomic E-state index is 0.0397. The lowest BCUT2D eigenvalue weighted by Gasteiger charge is -2.28. The number of hydrogen-bond donors (Lipinski definition) is 2. The van der Waals surface area contributed by atoms with Crippen molar-refractivity contribution in [2.75, 3.05) is 0 Å². The van der Waals surface area contributed by atoms with Gasteiger partial charge in [0.05, 0.1) is 12.8 Å². The number of carboxylic acid groups (broad SMARTS) is 1. The topological polar surface area (TPSA) is 114 Å². The Morgan fingerprint density at radius 1 is 0.933 bits per heavy atom. The van der Waals surface area contributed by atoms with Crippen LogP contribution in [-0.2, 0) is 16.1 Å². The van der Waals surface area contributed by atoms with Gasteiger partial charge in [-0.15, -0.1) is 0 Å². The first-order valence-electron chi connectivity index (χ1n) is 9.45. The highest BCUT2D eigenvalue weighted by Crippen LogP contribution is 2.22. The molecule has 1 heterocycles. The average molecular weight is 406 g/mol. The van der Waals surface area contributed by atoms with Crippen molar-refractivity contribution in [3.63, 3.8) is 0 Å². The van der Waals surface area contributed by atoms with Crippen molar-refractivity contribution < 1.29 is 23.9 Å². The third-order valence-electron chi connectivity index (χ3n) is 4.73. The van der Waals surface area contributed by atoms with Crippen LogP contribution >= 0.6 is 0 Å². The molecule has 0 fully saturated rings. The lowest BCUT2D eigenvalue weighted by Crippen LogP contribution is -2.45. The summed E-state index contributed by atoms with van der Waals surface area (Å²) >= 11 is 0. The smallest absolute Gasteiger partial charge is 0.326 e. The quantitative estimate of drug-likeness (QED) is 0.566. The predicted octanol–water partition coefficient (Wildman–Crippen LogP) is 3.31. The van der Waals surface area contributed by atoms with E-state index in [1.807, 2.05) is 42.5 Å². The van der Waals surface area contributed by atoms with Crippen LogP contribution in [0.4, 0.5) is 0 Å². The summed E-state index contributed by atoms with van der Waals surface area (Å²) in [6.07, 6.45) is 1.22. The molecule has 2 amide bonds. The van der Waals surface area contributed by atoms with E-state index in [9.17, 15) is 19.5 Å². The molecule has 0 unspecified atom stereocenters. The van der Waals surface area contributed by atoms with Gasteiger partial charge in [0.1, 0.15) is 11.8 Å². The normalized spacial score (nSPS) is 11.6. The average Bonchev–Trinajstić information content (AvgIpc) is 3.26. The number of benzene rings is 2. The number of carbonyl (C=O) groups excluding carboxylic acids is 2. The molecule has 0 aliphatic rings. The fourth-order valence-corrected chi connectivity index (χ4v) is 3.19. The summed E-state index contributed by atoms with van der Waals surface area (Å²) in [6.45, 7) is -0.0397. The fraction of sp³-hybridized carbons (Fsp3) is 0.174. The number of primary amides is 1. The third-order valence-corrected chi connectivity index (χ3v) is 4.73. The molecule has 30 heavy (non-hydrogen) atoms. The van der Waals surface area contributed by atoms with Crippen molar-refractivity contribution in [2.24, 2.45) is 5.73 Å². The minimum atomic E-state index is -1.22. The van der Waals surface area contributed by atoms with Gasteiger partial charge in [-0.25, -0.2) is 4.79 Å². The van der Waals surface area contributed by atoms with Crippen molar-refractivity contribution in [2.45, 2.75) is 25.4 Å². The van der Waals surface area contributed by atoms with Gasteiger partial charge in [-0.2, -0.15) is 0 Å². The highest BCUT2D eigenvalue weighted by molar-refractivity contribution is 5.97. The van der Waals surface area contributed by atoms with Gasteiger partial charge in [0, 0.05) is 12.0 Å². The van der Waals surface area contributed by atoms with Crippen molar-refractivity contribution >= 4 is 17.8 Å². The molecule has 2 aromatic carbocycles. The monoisotopic (exact) mass is 406 g/mol. The molecule has 0 saturated carbocycles. The van der Waals surface area contributed by atoms with Crippen LogP contribution in [0.15, 0.2) is 77.4 Å². The Morgan fingerprint density at radius 2 is 1.60 bits per heavy atom. The summed E-state index contributed by atoms with van der Waals surface area (Å²) in [7, 11) is 0. The highest BCUT2D eigenvalue weighted by atomic mass is 16.4. The van der Waals surface area contributed by atoms with Crippen LogP contribution < -0.4 is 5.73 Å². The molecular formula is C23H22N2O5. The summed E-state index contributed by atoms with van der Waals surface area (Å²) in [5.41, 5.74) is 7.47. The Balaban J connectivity index is 1.88. The minimum Gasteiger partial charge on any atom is -0.480 e. The SMILES string of the molecule is NC(=O)CC[C@@H](C(=O)O)N(Cc1ccco1)C(=O)c1ccc(-c2ccccc2)cc1. The number of carbonyl (C=O) groups is 3. The van der Waals surface area contributed by atoms with Crippen LogP contribution in [0.5, 0.6) is 0 Å². The van der Waals surface area contributed by atoms with Crippen LogP contribution in [0.1, 0.15) is 29.0 Å². The molecular weight excluding hydrogens is 384 g/mol. The van der Waals surface area contributed by atoms with E-state index >= 15 is 0 Å². The number of furan rings is 1. The van der Waals surface area contributed by atoms with Crippen LogP contribution in [-0.4, -0.2) is 33.8 Å². The van der Waals surface area contributed by atoms with E-state index < -0.39 is 23.8 Å². The molecule has 0 aliphatic heterocycles. The molecule has 3 N–H and O–H groups in total. The molecule has 3 rings (SSSR count). The number of hydrogen-bond acceptors (Lipinski definition) is 4. The van der Waals surface area contributed by atoms with Gasteiger partial charge in [-0.3, -0.25) is 9.59 Å². The lowest BCUT2D eigenvalue weighted by molar-refractivity contribution is -0.143. The lowest BCUT2D eigenvalue weighted by atomic mass is 10.0. The number of nitrogens with zero attached hydrogens (tertiary/aromatic N) is 1. The molecule has 0 spiro atoms. The third kappa shape index (κ3) is 5.14. The second-order valence-corrected chi connectivity index (χ2v) is 6.81. The Morgan fingerprint density at radius 3 is 2.17 bits per heavy atom. The zero-order chi connectivity index (χ0) is 21.5. The van der Waals surface area contributed by atoms with E-state index in [-0.39, 0.29) is 19.4 Å². The molecule has 154 valence electrons. The zero-order valence-corrected chi connectivity index (χ0v) is 16.2. The van der Waals surface area contributed by atoms with Crippen molar-refractivity contribution in [1.82, 2.24) is 4.90 Å². The first-order valence-corrected chi connectivity index (χ1v) is 9.45. The van der Waals surface area contributed by atoms with E-state index in [2.05, 4.69) is 0 Å². The maximum absolute atomic E-state index is 13.2. The number of carboxylic acids is 1. The standard InChI is InChI=1S/C23H22N2O5/c24-21(26)13-12-20(23(28)29)25(15-19-7-4-14-30-19)22(27)18-10-8-17(9-11-18)16-5-2-1-3-6-16/h1-11,14,20H,12-13,15H2,(H2,24,26)(H,28,29)/t20-/m0/s1. The Hall–Kier alpha value is -3.87. The fourth-order valence-electron chi connectivity index (χ4n) is 3.19. The van der Waals surface area contributed by atoms with Crippen molar-refractivity contribution in [1.29, 1.82) is 0 Å². The molecule has 7 nitrogen and oxygen atoms in total. The summed E-state index contributed by atoms with van der Waals surface area (Å²) in [6, 6.07) is 18.7. The first-order chi connectivity index (χ1) is 14.5. The predicted molar refractivity (Wildman–Crippen MR) is 110 cm³/mol. The van der Waals surface area contributed by atoms with Gasteiger partial charge in [-0.05, 0) is 41.8 Å². The summed E-state index contributed by atoms with van der Waals surface area (Å²) < 4.78 is 5.30. The van der Waals surface area contributed by atoms with E-state index in [0.717, 1.165) is 11.1 Å². The maximum Gasteiger partial charge on any atom is 0.326 e. The second-order valence-electron chi connectivity index (χ2n) is 6.81. The van der Waals surface area contributed by atoms with Crippen LogP contribution in [0.3, 0.4) is 0 Å². The summed E-state index contributed by atoms with van der Waals surface area (Å²) in [5, 5.41) is 9.70. The molecule has 1 aromatic heterocycles. The van der Waals surface area contributed by atoms with E-state index in [0.29, 0.717) is 11.3 Å². The molecule has 1 atom stereocenters. The number of rotatable bonds is 9. The van der Waals surface area contributed by atoms with Crippen LogP contribution in [0, 0.1) is 0 Å². The van der Waals surface area contributed by atoms with Gasteiger partial charge in [0.15, 0.2) is 0 Å². The second kappa shape index (κ2) is 9.56. The summed E-state index contributed by atoms with van der Waals surface area (Å²) in [4.78, 5) is 37.5. The number of amides is 2. The molecule has 0 bridgehead atoms. The van der Waals surface area contributed by atoms with Crippen molar-refractivity contribution in [3.8, 4) is 11.1 Å². The Bertz CT molecular complexity index is 998. The van der Waals surface area contributed by atoms with E-state index in [1.54, 1.807) is 24.3 Å². The van der Waals surface area contributed by atoms with Crippen LogP contribution in [0.2, 0.25) is 0 Å². The molecule has 0 saturated heterocycles. The molecule has 3 aromatic rings. The maximum atomic E-state index is 13.2. The van der Waals surface area contributed by atoms with Gasteiger partial charge >= 0.3 is 5.97 Å².